The zero-order valence-electron chi connectivity index (χ0n) is 20.9. The molecule has 0 unspecified atom stereocenters. The molecule has 0 radical (unpaired) electrons. The number of ether oxygens (including phenoxy) is 1. The van der Waals surface area contributed by atoms with Crippen molar-refractivity contribution in [2.24, 2.45) is 17.8 Å². The van der Waals surface area contributed by atoms with Crippen LogP contribution in [0.15, 0.2) is 42.5 Å². The molecule has 3 atom stereocenters. The lowest BCUT2D eigenvalue weighted by molar-refractivity contribution is -0.139. The summed E-state index contributed by atoms with van der Waals surface area (Å²) in [5.74, 6) is -1.43. The van der Waals surface area contributed by atoms with Crippen molar-refractivity contribution < 1.29 is 23.9 Å². The van der Waals surface area contributed by atoms with Gasteiger partial charge >= 0.3 is 5.97 Å². The van der Waals surface area contributed by atoms with Crippen molar-refractivity contribution in [1.29, 1.82) is 0 Å². The third-order valence-corrected chi connectivity index (χ3v) is 7.85. The van der Waals surface area contributed by atoms with Crippen LogP contribution in [0.25, 0.3) is 0 Å². The number of fused-ring (bicyclic) bond motifs is 1. The second-order valence-electron chi connectivity index (χ2n) is 9.96. The summed E-state index contributed by atoms with van der Waals surface area (Å²) in [5, 5.41) is 0. The van der Waals surface area contributed by atoms with E-state index >= 15 is 0 Å². The summed E-state index contributed by atoms with van der Waals surface area (Å²) in [5.41, 5.74) is 3.62. The Hall–Kier alpha value is -3.48. The number of benzene rings is 2. The Bertz CT molecular complexity index is 1160. The molecule has 2 saturated heterocycles. The molecule has 3 fully saturated rings. The van der Waals surface area contributed by atoms with Crippen molar-refractivity contribution in [3.8, 4) is 5.75 Å². The van der Waals surface area contributed by atoms with Crippen LogP contribution in [0.2, 0.25) is 0 Å². The summed E-state index contributed by atoms with van der Waals surface area (Å²) < 4.78 is 5.60. The van der Waals surface area contributed by atoms with Gasteiger partial charge in [-0.3, -0.25) is 24.1 Å². The van der Waals surface area contributed by atoms with Crippen LogP contribution in [-0.4, -0.2) is 30.2 Å². The minimum atomic E-state index is -0.559. The van der Waals surface area contributed by atoms with E-state index in [4.69, 9.17) is 4.74 Å². The van der Waals surface area contributed by atoms with Crippen LogP contribution in [0.5, 0.6) is 5.75 Å². The molecule has 2 heterocycles. The normalized spacial score (nSPS) is 23.8. The summed E-state index contributed by atoms with van der Waals surface area (Å²) >= 11 is 0. The molecule has 5 rings (SSSR count). The fraction of sp³-hybridized carbons (Fsp3) is 0.448. The van der Waals surface area contributed by atoms with E-state index in [0.717, 1.165) is 55.3 Å². The van der Waals surface area contributed by atoms with E-state index in [1.54, 1.807) is 29.2 Å². The Balaban J connectivity index is 1.27. The Morgan fingerprint density at radius 2 is 1.47 bits per heavy atom. The van der Waals surface area contributed by atoms with Gasteiger partial charge in [-0.05, 0) is 61.1 Å². The molecular weight excluding hydrogens is 456 g/mol. The van der Waals surface area contributed by atoms with Crippen LogP contribution in [0.4, 0.5) is 11.4 Å². The predicted octanol–water partition coefficient (Wildman–Crippen LogP) is 4.45. The van der Waals surface area contributed by atoms with Crippen molar-refractivity contribution in [1.82, 2.24) is 0 Å². The quantitative estimate of drug-likeness (QED) is 0.341. The monoisotopic (exact) mass is 488 g/mol. The van der Waals surface area contributed by atoms with Gasteiger partial charge in [0.15, 0.2) is 0 Å². The van der Waals surface area contributed by atoms with Crippen LogP contribution in [0.1, 0.15) is 57.1 Å². The first-order valence-corrected chi connectivity index (χ1v) is 13.0. The van der Waals surface area contributed by atoms with Gasteiger partial charge in [-0.1, -0.05) is 44.9 Å². The summed E-state index contributed by atoms with van der Waals surface area (Å²) in [6.45, 7) is 4.41. The number of hydrogen-bond acceptors (Lipinski definition) is 5. The average Bonchev–Trinajstić information content (AvgIpc) is 3.41. The molecule has 1 aliphatic carbocycles. The van der Waals surface area contributed by atoms with E-state index in [2.05, 4.69) is 13.8 Å². The number of aryl methyl sites for hydroxylation is 2. The molecule has 7 nitrogen and oxygen atoms in total. The second-order valence-corrected chi connectivity index (χ2v) is 9.96. The molecule has 7 heteroatoms. The Morgan fingerprint density at radius 3 is 2.03 bits per heavy atom. The lowest BCUT2D eigenvalue weighted by Crippen LogP contribution is -2.30. The minimum absolute atomic E-state index is 0.0737. The molecule has 0 bridgehead atoms. The molecule has 0 spiro atoms. The maximum absolute atomic E-state index is 12.9. The zero-order valence-corrected chi connectivity index (χ0v) is 20.9. The van der Waals surface area contributed by atoms with Gasteiger partial charge in [0.25, 0.3) is 0 Å². The Kier molecular flexibility index (Phi) is 6.65. The predicted molar refractivity (Wildman–Crippen MR) is 136 cm³/mol. The first kappa shape index (κ1) is 24.2. The van der Waals surface area contributed by atoms with E-state index in [9.17, 15) is 19.2 Å². The Labute approximate surface area is 211 Å². The number of carbonyl (C=O) groups is 4. The van der Waals surface area contributed by atoms with Gasteiger partial charge in [0, 0.05) is 18.7 Å². The highest BCUT2D eigenvalue weighted by atomic mass is 16.5. The summed E-state index contributed by atoms with van der Waals surface area (Å²) in [6.07, 6.45) is 5.21. The van der Waals surface area contributed by atoms with Gasteiger partial charge in [-0.2, -0.15) is 0 Å². The van der Waals surface area contributed by atoms with Gasteiger partial charge in [0.05, 0.1) is 23.4 Å². The molecular formula is C29H32N2O5. The van der Waals surface area contributed by atoms with Gasteiger partial charge in [-0.15, -0.1) is 0 Å². The van der Waals surface area contributed by atoms with Crippen LogP contribution < -0.4 is 14.5 Å². The molecule has 3 aliphatic rings. The maximum atomic E-state index is 12.9. The van der Waals surface area contributed by atoms with E-state index in [0.29, 0.717) is 18.0 Å². The minimum Gasteiger partial charge on any atom is -0.426 e. The summed E-state index contributed by atoms with van der Waals surface area (Å²) in [4.78, 5) is 54.5. The smallest absolute Gasteiger partial charge is 0.316 e. The third-order valence-electron chi connectivity index (χ3n) is 7.85. The highest BCUT2D eigenvalue weighted by Crippen LogP contribution is 2.40. The highest BCUT2D eigenvalue weighted by molar-refractivity contribution is 6.22. The van der Waals surface area contributed by atoms with E-state index in [1.807, 2.05) is 18.2 Å². The molecule has 1 saturated carbocycles. The lowest BCUT2D eigenvalue weighted by atomic mass is 9.81. The second kappa shape index (κ2) is 9.88. The fourth-order valence-corrected chi connectivity index (χ4v) is 5.92. The average molecular weight is 489 g/mol. The van der Waals surface area contributed by atoms with Crippen LogP contribution >= 0.6 is 0 Å². The first-order chi connectivity index (χ1) is 17.4. The van der Waals surface area contributed by atoms with E-state index < -0.39 is 11.9 Å². The number of anilines is 2. The van der Waals surface area contributed by atoms with Gasteiger partial charge in [0.1, 0.15) is 5.75 Å². The highest BCUT2D eigenvalue weighted by Gasteiger charge is 2.48. The molecule has 2 aliphatic heterocycles. The zero-order chi connectivity index (χ0) is 25.4. The van der Waals surface area contributed by atoms with Crippen molar-refractivity contribution in [2.45, 2.75) is 58.8 Å². The van der Waals surface area contributed by atoms with Gasteiger partial charge < -0.3 is 9.64 Å². The van der Waals surface area contributed by atoms with E-state index in [1.165, 1.54) is 4.90 Å². The topological polar surface area (TPSA) is 84.0 Å². The molecule has 188 valence electrons. The number of hydrogen-bond donors (Lipinski definition) is 0. The maximum Gasteiger partial charge on any atom is 0.316 e. The molecule has 0 N–H and O–H groups in total. The molecule has 0 aromatic heterocycles. The lowest BCUT2D eigenvalue weighted by Gasteiger charge is -2.23. The summed E-state index contributed by atoms with van der Waals surface area (Å²) in [6, 6.07) is 12.6. The van der Waals surface area contributed by atoms with Crippen molar-refractivity contribution in [3.63, 3.8) is 0 Å². The fourth-order valence-electron chi connectivity index (χ4n) is 5.92. The van der Waals surface area contributed by atoms with Crippen molar-refractivity contribution in [2.75, 3.05) is 16.3 Å². The Morgan fingerprint density at radius 1 is 0.889 bits per heavy atom. The number of amides is 3. The third kappa shape index (κ3) is 4.21. The van der Waals surface area contributed by atoms with Crippen molar-refractivity contribution >= 4 is 35.1 Å². The molecule has 2 aromatic rings. The molecule has 2 aromatic carbocycles. The number of esters is 1. The van der Waals surface area contributed by atoms with Crippen LogP contribution in [-0.2, 0) is 32.0 Å². The summed E-state index contributed by atoms with van der Waals surface area (Å²) in [7, 11) is 0. The molecule has 36 heavy (non-hydrogen) atoms. The number of rotatable bonds is 6. The SMILES string of the molecule is CCc1cccc(CC)c1N1C[C@@H](C(=O)Oc2ccc(N3C(=O)[C@H]4CCCC[C@H]4C3=O)cc2)CC1=O. The van der Waals surface area contributed by atoms with Crippen LogP contribution in [0.3, 0.4) is 0 Å². The first-order valence-electron chi connectivity index (χ1n) is 13.0. The van der Waals surface area contributed by atoms with Crippen molar-refractivity contribution in [3.05, 3.63) is 53.6 Å². The number of carbonyl (C=O) groups excluding carboxylic acids is 4. The van der Waals surface area contributed by atoms with Crippen LogP contribution in [0, 0.1) is 17.8 Å². The molecule has 3 amide bonds. The standard InChI is InChI=1S/C29H32N2O5/c1-3-18-8-7-9-19(4-2)26(18)30-17-20(16-25(30)32)29(35)36-22-14-12-21(13-15-22)31-27(33)23-10-5-6-11-24(23)28(31)34/h7-9,12-15,20,23-24H,3-6,10-11,16-17H2,1-2H3/t20-,23-,24+/m0/s1. The van der Waals surface area contributed by atoms with Gasteiger partial charge in [-0.25, -0.2) is 0 Å². The number of imide groups is 1. The van der Waals surface area contributed by atoms with Gasteiger partial charge in [0.2, 0.25) is 17.7 Å². The number of para-hydroxylation sites is 1. The largest absolute Gasteiger partial charge is 0.426 e. The number of nitrogens with zero attached hydrogens (tertiary/aromatic N) is 2. The van der Waals surface area contributed by atoms with E-state index in [-0.39, 0.29) is 36.0 Å².